The number of hydrogen-bond donors (Lipinski definition) is 0. The zero-order valence-electron chi connectivity index (χ0n) is 34.7. The highest BCUT2D eigenvalue weighted by Gasteiger charge is 2.09. The molecule has 6 rings (SSSR count). The van der Waals surface area contributed by atoms with Crippen LogP contribution in [0.3, 0.4) is 0 Å². The Labute approximate surface area is 353 Å². The molecule has 0 unspecified atom stereocenters. The van der Waals surface area contributed by atoms with E-state index in [0.717, 1.165) is 24.3 Å². The maximum absolute atomic E-state index is 5.59. The molecule has 0 saturated carbocycles. The molecule has 0 fully saturated rings. The molecule has 0 aliphatic heterocycles. The Hall–Kier alpha value is -8.00. The lowest BCUT2D eigenvalue weighted by Crippen LogP contribution is -2.16. The molecule has 0 radical (unpaired) electrons. The lowest BCUT2D eigenvalue weighted by molar-refractivity contribution is 0.121. The van der Waals surface area contributed by atoms with Crippen molar-refractivity contribution in [3.63, 3.8) is 0 Å². The van der Waals surface area contributed by atoms with Gasteiger partial charge in [-0.05, 0) is 48.4 Å². The molecule has 20 heteroatoms. The first-order valence-electron chi connectivity index (χ1n) is 19.0. The standard InChI is InChI=1S/C41H45N19O/c1-7-17-61-28-31-14-15-37(44-20-31)56(2)50-22-33-12-10-13-34(54-33)23-51-59(5)40-26-42-27-41(55-40)60(6)53-25-36-18-35(45-29-46-36)24-52-58(4)39-19-38(47-30-48-39)57(3)49-21-32-11-8-9-16-43-32/h8-16,18-27,29-30H,7,17,28H2,1-6H3/b49-21+,50-22+,51-23+,52-24+,53-25+. The molecule has 0 atom stereocenters. The van der Waals surface area contributed by atoms with E-state index in [0.29, 0.717) is 58.5 Å². The number of rotatable bonds is 19. The van der Waals surface area contributed by atoms with Crippen LogP contribution < -0.4 is 25.0 Å². The lowest BCUT2D eigenvalue weighted by Gasteiger charge is -2.15. The Bertz CT molecular complexity index is 2460. The fourth-order valence-electron chi connectivity index (χ4n) is 5.00. The van der Waals surface area contributed by atoms with Crippen molar-refractivity contribution in [1.29, 1.82) is 0 Å². The van der Waals surface area contributed by atoms with Gasteiger partial charge >= 0.3 is 0 Å². The third-order valence-corrected chi connectivity index (χ3v) is 8.34. The Morgan fingerprint density at radius 1 is 0.492 bits per heavy atom. The van der Waals surface area contributed by atoms with Crippen LogP contribution in [0.4, 0.5) is 29.1 Å². The second-order valence-corrected chi connectivity index (χ2v) is 13.0. The largest absolute Gasteiger partial charge is 0.377 e. The van der Waals surface area contributed by atoms with E-state index in [1.807, 2.05) is 55.6 Å². The molecule has 0 saturated heterocycles. The van der Waals surface area contributed by atoms with E-state index in [4.69, 9.17) is 4.74 Å². The lowest BCUT2D eigenvalue weighted by atomic mass is 10.3. The molecule has 0 bridgehead atoms. The van der Waals surface area contributed by atoms with Gasteiger partial charge in [0, 0.05) is 60.3 Å². The summed E-state index contributed by atoms with van der Waals surface area (Å²) in [6, 6.07) is 18.6. The number of nitrogens with zero attached hydrogens (tertiary/aromatic N) is 19. The average molecular weight is 820 g/mol. The molecular weight excluding hydrogens is 775 g/mol. The number of aromatic nitrogens is 9. The minimum Gasteiger partial charge on any atom is -0.377 e. The fraction of sp³-hybridized carbons (Fsp3) is 0.220. The summed E-state index contributed by atoms with van der Waals surface area (Å²) in [5, 5.41) is 30.5. The summed E-state index contributed by atoms with van der Waals surface area (Å²) in [6.07, 6.45) is 18.7. The number of ether oxygens (including phenoxy) is 1. The van der Waals surface area contributed by atoms with Crippen molar-refractivity contribution in [3.05, 3.63) is 132 Å². The van der Waals surface area contributed by atoms with Crippen LogP contribution in [0.15, 0.2) is 124 Å². The molecule has 0 aliphatic carbocycles. The Balaban J connectivity index is 1.02. The molecule has 0 spiro atoms. The van der Waals surface area contributed by atoms with Gasteiger partial charge in [0.25, 0.3) is 0 Å². The third-order valence-electron chi connectivity index (χ3n) is 8.34. The van der Waals surface area contributed by atoms with Gasteiger partial charge in [-0.2, -0.15) is 25.5 Å². The monoisotopic (exact) mass is 819 g/mol. The van der Waals surface area contributed by atoms with Crippen molar-refractivity contribution < 1.29 is 4.74 Å². The van der Waals surface area contributed by atoms with Gasteiger partial charge in [0.1, 0.15) is 18.5 Å². The molecule has 0 aromatic carbocycles. The minimum atomic E-state index is 0.486. The van der Waals surface area contributed by atoms with Crippen LogP contribution in [0.1, 0.15) is 47.4 Å². The van der Waals surface area contributed by atoms with Crippen LogP contribution >= 0.6 is 0 Å². The highest BCUT2D eigenvalue weighted by atomic mass is 16.5. The molecule has 6 aromatic heterocycles. The average Bonchev–Trinajstić information content (AvgIpc) is 3.31. The maximum atomic E-state index is 5.59. The van der Waals surface area contributed by atoms with Gasteiger partial charge in [0.2, 0.25) is 0 Å². The number of hydrazone groups is 5. The molecule has 310 valence electrons. The van der Waals surface area contributed by atoms with Gasteiger partial charge in [0.15, 0.2) is 23.3 Å². The third kappa shape index (κ3) is 13.0. The normalized spacial score (nSPS) is 11.7. The predicted octanol–water partition coefficient (Wildman–Crippen LogP) is 4.52. The molecule has 0 aliphatic rings. The highest BCUT2D eigenvalue weighted by molar-refractivity contribution is 5.84. The van der Waals surface area contributed by atoms with Gasteiger partial charge in [-0.25, -0.2) is 44.9 Å². The molecular formula is C41H45N19O. The summed E-state index contributed by atoms with van der Waals surface area (Å²) in [4.78, 5) is 39.7. The van der Waals surface area contributed by atoms with Crippen LogP contribution in [0.5, 0.6) is 0 Å². The molecule has 61 heavy (non-hydrogen) atoms. The summed E-state index contributed by atoms with van der Waals surface area (Å²) in [5.41, 5.74) is 4.15. The van der Waals surface area contributed by atoms with Crippen LogP contribution in [-0.4, -0.2) is 118 Å². The number of anilines is 5. The number of pyridine rings is 3. The summed E-state index contributed by atoms with van der Waals surface area (Å²) in [7, 11) is 8.91. The smallest absolute Gasteiger partial charge is 0.169 e. The second kappa shape index (κ2) is 21.7. The molecule has 0 N–H and O–H groups in total. The zero-order chi connectivity index (χ0) is 42.8. The van der Waals surface area contributed by atoms with E-state index in [1.165, 1.54) is 12.7 Å². The van der Waals surface area contributed by atoms with Crippen LogP contribution in [-0.2, 0) is 11.3 Å². The fourth-order valence-corrected chi connectivity index (χ4v) is 5.00. The van der Waals surface area contributed by atoms with Gasteiger partial charge in [0.05, 0.1) is 78.5 Å². The van der Waals surface area contributed by atoms with Crippen LogP contribution in [0.25, 0.3) is 0 Å². The Morgan fingerprint density at radius 3 is 1.59 bits per heavy atom. The molecule has 6 heterocycles. The Kier molecular flexibility index (Phi) is 15.1. The van der Waals surface area contributed by atoms with E-state index in [1.54, 1.807) is 121 Å². The van der Waals surface area contributed by atoms with E-state index >= 15 is 0 Å². The quantitative estimate of drug-likeness (QED) is 0.0626. The summed E-state index contributed by atoms with van der Waals surface area (Å²) >= 11 is 0. The van der Waals surface area contributed by atoms with Crippen molar-refractivity contribution in [1.82, 2.24) is 44.9 Å². The van der Waals surface area contributed by atoms with Gasteiger partial charge in [-0.3, -0.25) is 25.0 Å². The summed E-state index contributed by atoms with van der Waals surface area (Å²) < 4.78 is 5.59. The first-order chi connectivity index (χ1) is 29.7. The van der Waals surface area contributed by atoms with Gasteiger partial charge < -0.3 is 4.74 Å². The van der Waals surface area contributed by atoms with Crippen molar-refractivity contribution in [3.8, 4) is 0 Å². The summed E-state index contributed by atoms with van der Waals surface area (Å²) in [6.45, 7) is 3.34. The van der Waals surface area contributed by atoms with E-state index < -0.39 is 0 Å². The van der Waals surface area contributed by atoms with E-state index in [9.17, 15) is 0 Å². The summed E-state index contributed by atoms with van der Waals surface area (Å²) in [5.74, 6) is 2.81. The van der Waals surface area contributed by atoms with Gasteiger partial charge in [-0.15, -0.1) is 0 Å². The maximum Gasteiger partial charge on any atom is 0.169 e. The second-order valence-electron chi connectivity index (χ2n) is 13.0. The number of hydrogen-bond acceptors (Lipinski definition) is 20. The van der Waals surface area contributed by atoms with E-state index in [2.05, 4.69) is 77.3 Å². The SMILES string of the molecule is CCCOCc1ccc(N(C)/N=C/c2cccc(/C=N/N(C)c3cncc(N(C)/N=C/c4cc(/C=N/N(C)c5cc(N(C)/N=C/c6ccccn6)ncn5)ncn4)n3)n2)nc1. The molecule has 6 aromatic rings. The van der Waals surface area contributed by atoms with Crippen LogP contribution in [0, 0.1) is 0 Å². The minimum absolute atomic E-state index is 0.486. The van der Waals surface area contributed by atoms with Crippen molar-refractivity contribution in [2.45, 2.75) is 20.0 Å². The predicted molar refractivity (Wildman–Crippen MR) is 239 cm³/mol. The first kappa shape index (κ1) is 42.6. The first-order valence-corrected chi connectivity index (χ1v) is 19.0. The zero-order valence-corrected chi connectivity index (χ0v) is 34.7. The van der Waals surface area contributed by atoms with Crippen molar-refractivity contribution in [2.75, 3.05) is 66.9 Å². The van der Waals surface area contributed by atoms with Gasteiger partial charge in [-0.1, -0.05) is 25.1 Å². The van der Waals surface area contributed by atoms with Crippen molar-refractivity contribution >= 4 is 60.2 Å². The molecule has 20 nitrogen and oxygen atoms in total. The molecule has 0 amide bonds. The van der Waals surface area contributed by atoms with Crippen LogP contribution in [0.2, 0.25) is 0 Å². The topological polar surface area (TPSA) is 203 Å². The Morgan fingerprint density at radius 2 is 1.03 bits per heavy atom. The van der Waals surface area contributed by atoms with E-state index in [-0.39, 0.29) is 0 Å². The highest BCUT2D eigenvalue weighted by Crippen LogP contribution is 2.17. The van der Waals surface area contributed by atoms with Crippen molar-refractivity contribution in [2.24, 2.45) is 25.5 Å².